The first-order chi connectivity index (χ1) is 8.26. The highest BCUT2D eigenvalue weighted by Crippen LogP contribution is 2.30. The number of nitrogens with zero attached hydrogens (tertiary/aromatic N) is 2. The van der Waals surface area contributed by atoms with Crippen molar-refractivity contribution >= 4 is 22.2 Å². The summed E-state index contributed by atoms with van der Waals surface area (Å²) in [5, 5.41) is 9.46. The molecule has 0 saturated carbocycles. The van der Waals surface area contributed by atoms with Gasteiger partial charge in [0.05, 0.1) is 12.8 Å². The monoisotopic (exact) mass is 246 g/mol. The highest BCUT2D eigenvalue weighted by atomic mass is 32.1. The Bertz CT molecular complexity index is 573. The number of nitrogens with one attached hydrogen (secondary N) is 1. The Morgan fingerprint density at radius 2 is 2.35 bits per heavy atom. The second-order valence-electron chi connectivity index (χ2n) is 3.27. The van der Waals surface area contributed by atoms with E-state index in [0.29, 0.717) is 16.3 Å². The molecular formula is C11H10N4OS. The van der Waals surface area contributed by atoms with Crippen molar-refractivity contribution in [2.45, 2.75) is 0 Å². The zero-order chi connectivity index (χ0) is 12.3. The van der Waals surface area contributed by atoms with E-state index in [1.54, 1.807) is 0 Å². The quantitative estimate of drug-likeness (QED) is 0.811. The highest BCUT2D eigenvalue weighted by molar-refractivity contribution is 7.10. The van der Waals surface area contributed by atoms with Crippen molar-refractivity contribution in [1.29, 1.82) is 5.26 Å². The molecule has 1 heterocycles. The van der Waals surface area contributed by atoms with Crippen molar-refractivity contribution in [3.63, 3.8) is 0 Å². The van der Waals surface area contributed by atoms with Crippen molar-refractivity contribution in [3.8, 4) is 17.3 Å². The normalized spacial score (nSPS) is 9.88. The zero-order valence-corrected chi connectivity index (χ0v) is 9.91. The molecule has 0 amide bonds. The number of rotatable bonds is 3. The van der Waals surface area contributed by atoms with Crippen molar-refractivity contribution in [1.82, 2.24) is 4.37 Å². The number of anilines is 2. The van der Waals surface area contributed by atoms with Gasteiger partial charge in [-0.15, -0.1) is 0 Å². The molecule has 0 aliphatic heterocycles. The summed E-state index contributed by atoms with van der Waals surface area (Å²) < 4.78 is 4.18. The molecule has 1 aromatic heterocycles. The molecule has 3 N–H and O–H groups in total. The van der Waals surface area contributed by atoms with Gasteiger partial charge in [-0.25, -0.2) is 0 Å². The van der Waals surface area contributed by atoms with Crippen LogP contribution in [0.5, 0.6) is 0 Å². The van der Waals surface area contributed by atoms with E-state index < -0.39 is 0 Å². The molecule has 1 aromatic carbocycles. The predicted molar refractivity (Wildman–Crippen MR) is 67.3 cm³/mol. The number of nitriles is 1. The average Bonchev–Trinajstić information content (AvgIpc) is 2.71. The lowest BCUT2D eigenvalue weighted by Crippen LogP contribution is -1.95. The molecule has 2 rings (SSSR count). The van der Waals surface area contributed by atoms with Gasteiger partial charge in [-0.1, -0.05) is 12.1 Å². The van der Waals surface area contributed by atoms with E-state index in [9.17, 15) is 0 Å². The fourth-order valence-electron chi connectivity index (χ4n) is 1.46. The van der Waals surface area contributed by atoms with Gasteiger partial charge in [0.2, 0.25) is 0 Å². The summed E-state index contributed by atoms with van der Waals surface area (Å²) in [5.41, 5.74) is 11.1. The van der Waals surface area contributed by atoms with Crippen LogP contribution in [0, 0.1) is 11.3 Å². The van der Waals surface area contributed by atoms with Crippen molar-refractivity contribution in [3.05, 3.63) is 29.8 Å². The van der Waals surface area contributed by atoms with Crippen molar-refractivity contribution in [2.24, 2.45) is 0 Å². The number of aromatic nitrogens is 1. The molecule has 0 saturated heterocycles. The van der Waals surface area contributed by atoms with Crippen LogP contribution in [0.2, 0.25) is 0 Å². The molecule has 17 heavy (non-hydrogen) atoms. The topological polar surface area (TPSA) is 84.0 Å². The van der Waals surface area contributed by atoms with Gasteiger partial charge in [0.25, 0.3) is 0 Å². The lowest BCUT2D eigenvalue weighted by atomic mass is 10.1. The second-order valence-corrected chi connectivity index (χ2v) is 4.07. The lowest BCUT2D eigenvalue weighted by Gasteiger charge is -2.04. The van der Waals surface area contributed by atoms with Gasteiger partial charge < -0.3 is 5.73 Å². The summed E-state index contributed by atoms with van der Waals surface area (Å²) in [7, 11) is 1.54. The zero-order valence-electron chi connectivity index (χ0n) is 9.10. The van der Waals surface area contributed by atoms with Crippen LogP contribution in [0.3, 0.4) is 0 Å². The maximum absolute atomic E-state index is 9.02. The van der Waals surface area contributed by atoms with E-state index in [4.69, 9.17) is 15.8 Å². The smallest absolute Gasteiger partial charge is 0.125 e. The fraction of sp³-hybridized carbons (Fsp3) is 0.0909. The molecule has 0 aliphatic carbocycles. The fourth-order valence-corrected chi connectivity index (χ4v) is 2.08. The van der Waals surface area contributed by atoms with Gasteiger partial charge in [0.1, 0.15) is 22.3 Å². The van der Waals surface area contributed by atoms with Crippen LogP contribution in [0.1, 0.15) is 5.56 Å². The molecule has 0 bridgehead atoms. The molecule has 6 heteroatoms. The Hall–Kier alpha value is -2.10. The van der Waals surface area contributed by atoms with Crippen LogP contribution >= 0.6 is 11.5 Å². The summed E-state index contributed by atoms with van der Waals surface area (Å²) in [5.74, 6) is 0. The minimum absolute atomic E-state index is 0.421. The van der Waals surface area contributed by atoms with Crippen molar-refractivity contribution in [2.75, 3.05) is 18.3 Å². The maximum atomic E-state index is 9.02. The third-order valence-corrected chi connectivity index (χ3v) is 2.86. The van der Waals surface area contributed by atoms with E-state index in [2.05, 4.69) is 15.9 Å². The van der Waals surface area contributed by atoms with Crippen molar-refractivity contribution < 1.29 is 4.84 Å². The van der Waals surface area contributed by atoms with E-state index in [-0.39, 0.29) is 0 Å². The van der Waals surface area contributed by atoms with E-state index in [1.165, 1.54) is 7.11 Å². The van der Waals surface area contributed by atoms with Gasteiger partial charge in [0, 0.05) is 5.56 Å². The summed E-state index contributed by atoms with van der Waals surface area (Å²) in [4.78, 5) is 4.82. The number of nitrogen functional groups attached to an aromatic ring is 1. The Kier molecular flexibility index (Phi) is 3.23. The lowest BCUT2D eigenvalue weighted by molar-refractivity contribution is 0.271. The van der Waals surface area contributed by atoms with Gasteiger partial charge in [-0.05, 0) is 23.7 Å². The van der Waals surface area contributed by atoms with Gasteiger partial charge in [-0.3, -0.25) is 10.3 Å². The first kappa shape index (κ1) is 11.4. The molecule has 0 spiro atoms. The third-order valence-electron chi connectivity index (χ3n) is 2.19. The second kappa shape index (κ2) is 4.82. The highest BCUT2D eigenvalue weighted by Gasteiger charge is 2.13. The molecule has 0 unspecified atom stereocenters. The number of hydrogen-bond acceptors (Lipinski definition) is 6. The Morgan fingerprint density at radius 1 is 1.53 bits per heavy atom. The first-order valence-corrected chi connectivity index (χ1v) is 5.58. The maximum Gasteiger partial charge on any atom is 0.125 e. The molecule has 2 aromatic rings. The number of hydrogen-bond donors (Lipinski definition) is 2. The van der Waals surface area contributed by atoms with Crippen LogP contribution in [-0.2, 0) is 4.84 Å². The van der Waals surface area contributed by atoms with Crippen LogP contribution in [0.15, 0.2) is 24.3 Å². The number of benzene rings is 1. The van der Waals surface area contributed by atoms with Gasteiger partial charge >= 0.3 is 0 Å². The van der Waals surface area contributed by atoms with Gasteiger partial charge in [0.15, 0.2) is 0 Å². The Balaban J connectivity index is 2.46. The largest absolute Gasteiger partial charge is 0.388 e. The first-order valence-electron chi connectivity index (χ1n) is 4.81. The summed E-state index contributed by atoms with van der Waals surface area (Å²) in [6, 6.07) is 9.49. The Morgan fingerprint density at radius 3 is 3.06 bits per heavy atom. The minimum atomic E-state index is 0.421. The molecule has 86 valence electrons. The summed E-state index contributed by atoms with van der Waals surface area (Å²) >= 11 is 1.12. The number of nitrogens with two attached hydrogens (primary N) is 1. The minimum Gasteiger partial charge on any atom is -0.388 e. The SMILES string of the molecule is CONc1cccc(-c2nsc(N)c2C#N)c1. The van der Waals surface area contributed by atoms with Crippen LogP contribution < -0.4 is 11.2 Å². The van der Waals surface area contributed by atoms with Crippen LogP contribution in [0.4, 0.5) is 10.7 Å². The average molecular weight is 246 g/mol. The standard InChI is InChI=1S/C11H10N4OS/c1-16-14-8-4-2-3-7(5-8)10-9(6-12)11(13)17-15-10/h2-5,14H,13H2,1H3. The molecule has 0 aliphatic rings. The van der Waals surface area contributed by atoms with Crippen LogP contribution in [0.25, 0.3) is 11.3 Å². The molecule has 0 atom stereocenters. The molecule has 5 nitrogen and oxygen atoms in total. The summed E-state index contributed by atoms with van der Waals surface area (Å²) in [6.45, 7) is 0. The molecule has 0 fully saturated rings. The molecule has 0 radical (unpaired) electrons. The summed E-state index contributed by atoms with van der Waals surface area (Å²) in [6.07, 6.45) is 0. The predicted octanol–water partition coefficient (Wildman–Crippen LogP) is 2.24. The van der Waals surface area contributed by atoms with E-state index in [1.807, 2.05) is 24.3 Å². The van der Waals surface area contributed by atoms with Gasteiger partial charge in [-0.2, -0.15) is 9.64 Å². The Labute approximate surface area is 103 Å². The van der Waals surface area contributed by atoms with E-state index in [0.717, 1.165) is 22.8 Å². The van der Waals surface area contributed by atoms with Crippen LogP contribution in [-0.4, -0.2) is 11.5 Å². The third kappa shape index (κ3) is 2.20. The molecular weight excluding hydrogens is 236 g/mol. The van der Waals surface area contributed by atoms with E-state index >= 15 is 0 Å².